The number of fused-ring (bicyclic) bond motifs is 1. The van der Waals surface area contributed by atoms with Crippen molar-refractivity contribution >= 4 is 22.5 Å². The molecule has 1 saturated carbocycles. The summed E-state index contributed by atoms with van der Waals surface area (Å²) in [4.78, 5) is 37.7. The Bertz CT molecular complexity index is 1760. The first kappa shape index (κ1) is 24.8. The van der Waals surface area contributed by atoms with Gasteiger partial charge in [0.25, 0.3) is 11.5 Å². The SMILES string of the molecule is [C-]#[N+]c1c[nH]c2c(=O)n(-c3cc(-c4ccc(F)cc4C(=O)N4CC(F)C4)cc(C4CC4)n3)cc(C(F)(F)F)c12. The summed E-state index contributed by atoms with van der Waals surface area (Å²) < 4.78 is 70.6. The predicted octanol–water partition coefficient (Wildman–Crippen LogP) is 5.76. The largest absolute Gasteiger partial charge is 0.417 e. The number of carbonyl (C=O) groups excluding carboxylic acids is 1. The molecule has 2 fully saturated rings. The maximum atomic E-state index is 14.2. The second kappa shape index (κ2) is 8.76. The van der Waals surface area contributed by atoms with Gasteiger partial charge in [-0.2, -0.15) is 13.2 Å². The Hall–Kier alpha value is -4.53. The standard InChI is InChI=1S/C27H18F5N5O2/c1-33-21-9-34-24-23(21)19(27(30,31)32)12-37(26(24)39)22-7-14(6-20(35-22)13-2-3-13)17-5-4-15(28)8-18(17)25(38)36-10-16(29)11-36/h4-9,12-13,16,34H,2-3,10-11H2. The summed E-state index contributed by atoms with van der Waals surface area (Å²) in [6.45, 7) is 6.96. The van der Waals surface area contributed by atoms with E-state index >= 15 is 0 Å². The quantitative estimate of drug-likeness (QED) is 0.265. The number of nitrogens with zero attached hydrogens (tertiary/aromatic N) is 4. The molecular formula is C27H18F5N5O2. The van der Waals surface area contributed by atoms with Crippen LogP contribution in [0.25, 0.3) is 32.7 Å². The van der Waals surface area contributed by atoms with E-state index in [1.165, 1.54) is 17.0 Å². The lowest BCUT2D eigenvalue weighted by atomic mass is 9.96. The number of nitrogens with one attached hydrogen (secondary N) is 1. The number of amides is 1. The van der Waals surface area contributed by atoms with Crippen molar-refractivity contribution in [1.29, 1.82) is 0 Å². The molecule has 0 spiro atoms. The minimum Gasteiger partial charge on any atom is -0.368 e. The van der Waals surface area contributed by atoms with Gasteiger partial charge in [0, 0.05) is 29.4 Å². The van der Waals surface area contributed by atoms with Crippen LogP contribution in [0.2, 0.25) is 0 Å². The molecule has 0 atom stereocenters. The Morgan fingerprint density at radius 1 is 1.15 bits per heavy atom. The van der Waals surface area contributed by atoms with E-state index in [4.69, 9.17) is 6.57 Å². The Labute approximate surface area is 217 Å². The van der Waals surface area contributed by atoms with Crippen molar-refractivity contribution < 1.29 is 26.7 Å². The molecule has 1 saturated heterocycles. The van der Waals surface area contributed by atoms with Crippen LogP contribution in [0.4, 0.5) is 27.6 Å². The minimum absolute atomic E-state index is 0.00621. The summed E-state index contributed by atoms with van der Waals surface area (Å²) in [5.41, 5.74) is -1.67. The first-order chi connectivity index (χ1) is 18.5. The Kier molecular flexibility index (Phi) is 5.57. The van der Waals surface area contributed by atoms with Crippen molar-refractivity contribution in [3.8, 4) is 16.9 Å². The number of hydrogen-bond donors (Lipinski definition) is 1. The molecule has 1 aromatic carbocycles. The van der Waals surface area contributed by atoms with Gasteiger partial charge in [-0.25, -0.2) is 18.6 Å². The van der Waals surface area contributed by atoms with Crippen LogP contribution in [0.15, 0.2) is 47.5 Å². The van der Waals surface area contributed by atoms with Crippen molar-refractivity contribution in [2.24, 2.45) is 0 Å². The number of carbonyl (C=O) groups is 1. The van der Waals surface area contributed by atoms with Crippen molar-refractivity contribution in [2.45, 2.75) is 31.1 Å². The highest BCUT2D eigenvalue weighted by Gasteiger charge is 2.36. The number of rotatable bonds is 4. The first-order valence-electron chi connectivity index (χ1n) is 12.0. The predicted molar refractivity (Wildman–Crippen MR) is 131 cm³/mol. The molecular weight excluding hydrogens is 521 g/mol. The van der Waals surface area contributed by atoms with Gasteiger partial charge in [0.1, 0.15) is 23.3 Å². The Morgan fingerprint density at radius 2 is 1.90 bits per heavy atom. The molecule has 7 nitrogen and oxygen atoms in total. The zero-order valence-corrected chi connectivity index (χ0v) is 20.0. The summed E-state index contributed by atoms with van der Waals surface area (Å²) >= 11 is 0. The van der Waals surface area contributed by atoms with Gasteiger partial charge in [0.05, 0.1) is 30.8 Å². The van der Waals surface area contributed by atoms with E-state index in [0.717, 1.165) is 35.7 Å². The lowest BCUT2D eigenvalue weighted by Gasteiger charge is -2.34. The molecule has 4 heterocycles. The topological polar surface area (TPSA) is 75.3 Å². The molecule has 1 aliphatic carbocycles. The highest BCUT2D eigenvalue weighted by atomic mass is 19.4. The number of benzene rings is 1. The monoisotopic (exact) mass is 539 g/mol. The molecule has 12 heteroatoms. The van der Waals surface area contributed by atoms with Gasteiger partial charge in [0.15, 0.2) is 0 Å². The number of aromatic nitrogens is 3. The van der Waals surface area contributed by atoms with E-state index in [0.29, 0.717) is 17.5 Å². The maximum absolute atomic E-state index is 14.2. The van der Waals surface area contributed by atoms with Crippen LogP contribution in [0.1, 0.15) is 40.4 Å². The number of pyridine rings is 2. The van der Waals surface area contributed by atoms with Crippen molar-refractivity contribution in [3.05, 3.63) is 87.1 Å². The number of halogens is 5. The Balaban J connectivity index is 1.57. The number of alkyl halides is 4. The van der Waals surface area contributed by atoms with Gasteiger partial charge in [-0.3, -0.25) is 14.2 Å². The highest BCUT2D eigenvalue weighted by molar-refractivity contribution is 6.01. The van der Waals surface area contributed by atoms with Gasteiger partial charge in [-0.1, -0.05) is 6.07 Å². The van der Waals surface area contributed by atoms with Gasteiger partial charge in [-0.15, -0.1) is 0 Å². The van der Waals surface area contributed by atoms with Crippen LogP contribution in [-0.2, 0) is 6.18 Å². The fourth-order valence-electron chi connectivity index (χ4n) is 4.81. The third-order valence-corrected chi connectivity index (χ3v) is 6.97. The highest BCUT2D eigenvalue weighted by Crippen LogP contribution is 2.42. The van der Waals surface area contributed by atoms with Gasteiger partial charge in [0.2, 0.25) is 5.69 Å². The fourth-order valence-corrected chi connectivity index (χ4v) is 4.81. The van der Waals surface area contributed by atoms with E-state index in [1.807, 2.05) is 0 Å². The molecule has 0 unspecified atom stereocenters. The second-order valence-electron chi connectivity index (χ2n) is 9.66. The van der Waals surface area contributed by atoms with Crippen LogP contribution in [-0.4, -0.2) is 44.6 Å². The van der Waals surface area contributed by atoms with Crippen molar-refractivity contribution in [3.63, 3.8) is 0 Å². The number of aromatic amines is 1. The zero-order chi connectivity index (χ0) is 27.6. The molecule has 4 aromatic rings. The van der Waals surface area contributed by atoms with Crippen LogP contribution >= 0.6 is 0 Å². The van der Waals surface area contributed by atoms with Crippen LogP contribution in [0.5, 0.6) is 0 Å². The summed E-state index contributed by atoms with van der Waals surface area (Å²) in [6.07, 6.45) is -2.82. The fraction of sp³-hybridized carbons (Fsp3) is 0.259. The summed E-state index contributed by atoms with van der Waals surface area (Å²) in [7, 11) is 0. The average Bonchev–Trinajstić information content (AvgIpc) is 3.64. The normalized spacial score (nSPS) is 15.8. The number of H-pyrrole nitrogens is 1. The van der Waals surface area contributed by atoms with E-state index in [1.54, 1.807) is 6.07 Å². The van der Waals surface area contributed by atoms with Gasteiger partial charge < -0.3 is 9.88 Å². The van der Waals surface area contributed by atoms with Crippen molar-refractivity contribution in [2.75, 3.05) is 13.1 Å². The van der Waals surface area contributed by atoms with E-state index in [9.17, 15) is 31.5 Å². The average molecular weight is 539 g/mol. The molecule has 1 amide bonds. The number of likely N-dealkylation sites (tertiary alicyclic amines) is 1. The van der Waals surface area contributed by atoms with Crippen LogP contribution < -0.4 is 5.56 Å². The van der Waals surface area contributed by atoms with E-state index in [2.05, 4.69) is 14.8 Å². The third-order valence-electron chi connectivity index (χ3n) is 6.97. The molecule has 1 N–H and O–H groups in total. The molecule has 0 bridgehead atoms. The molecule has 2 aliphatic rings. The van der Waals surface area contributed by atoms with E-state index < -0.39 is 46.1 Å². The number of hydrogen-bond acceptors (Lipinski definition) is 3. The maximum Gasteiger partial charge on any atom is 0.417 e. The summed E-state index contributed by atoms with van der Waals surface area (Å²) in [6, 6.07) is 6.56. The van der Waals surface area contributed by atoms with Gasteiger partial charge >= 0.3 is 6.18 Å². The smallest absolute Gasteiger partial charge is 0.368 e. The Morgan fingerprint density at radius 3 is 2.54 bits per heavy atom. The van der Waals surface area contributed by atoms with E-state index in [-0.39, 0.29) is 41.6 Å². The first-order valence-corrected chi connectivity index (χ1v) is 12.0. The molecule has 0 radical (unpaired) electrons. The summed E-state index contributed by atoms with van der Waals surface area (Å²) in [5.74, 6) is -1.39. The molecule has 39 heavy (non-hydrogen) atoms. The molecule has 3 aromatic heterocycles. The third kappa shape index (κ3) is 4.24. The summed E-state index contributed by atoms with van der Waals surface area (Å²) in [5, 5.41) is -0.524. The minimum atomic E-state index is -4.88. The van der Waals surface area contributed by atoms with Crippen molar-refractivity contribution in [1.82, 2.24) is 19.4 Å². The lowest BCUT2D eigenvalue weighted by Crippen LogP contribution is -2.51. The van der Waals surface area contributed by atoms with Gasteiger partial charge in [-0.05, 0) is 48.2 Å². The molecule has 1 aliphatic heterocycles. The second-order valence-corrected chi connectivity index (χ2v) is 9.66. The molecule has 198 valence electrons. The molecule has 6 rings (SSSR count). The van der Waals surface area contributed by atoms with Crippen LogP contribution in [0.3, 0.4) is 0 Å². The lowest BCUT2D eigenvalue weighted by molar-refractivity contribution is -0.136. The zero-order valence-electron chi connectivity index (χ0n) is 20.0. The van der Waals surface area contributed by atoms with Crippen LogP contribution in [0, 0.1) is 12.4 Å².